The average molecular weight is 421 g/mol. The van der Waals surface area contributed by atoms with Gasteiger partial charge < -0.3 is 6.53 Å². The van der Waals surface area contributed by atoms with Crippen LogP contribution in [0.4, 0.5) is 0 Å². The van der Waals surface area contributed by atoms with Crippen molar-refractivity contribution in [1.29, 1.82) is 0 Å². The molecule has 0 spiro atoms. The maximum absolute atomic E-state index is 8.74. The van der Waals surface area contributed by atoms with Crippen LogP contribution in [0.25, 0.3) is 0 Å². The van der Waals surface area contributed by atoms with Gasteiger partial charge in [0.25, 0.3) is 0 Å². The molecule has 0 aromatic heterocycles. The zero-order valence-electron chi connectivity index (χ0n) is 19.0. The fourth-order valence-corrected chi connectivity index (χ4v) is 3.01. The van der Waals surface area contributed by atoms with Crippen molar-refractivity contribution in [2.24, 2.45) is 0 Å². The van der Waals surface area contributed by atoms with Crippen molar-refractivity contribution in [3.05, 3.63) is 0 Å². The van der Waals surface area contributed by atoms with Gasteiger partial charge in [0.05, 0.1) is 0 Å². The van der Waals surface area contributed by atoms with E-state index >= 15 is 0 Å². The standard InChI is InChI=1S/C20H42O.Na.H2O4S.H/c1-2-3-4-5-6-7-8-9-10-11-12-13-14-15-16-17-18-19-20-21;;1-5(2,3)4;/h21H,2-20H2,1H3;;(H2,1,2,3,4);/q;+1;;-1. The molecule has 0 bridgehead atoms. The maximum atomic E-state index is 8.74. The molecule has 0 fully saturated rings. The van der Waals surface area contributed by atoms with Crippen LogP contribution in [0.1, 0.15) is 124 Å². The van der Waals surface area contributed by atoms with Gasteiger partial charge in [0, 0.05) is 6.61 Å². The van der Waals surface area contributed by atoms with Crippen LogP contribution in [0.15, 0.2) is 0 Å². The Kier molecular flexibility index (Phi) is 32.3. The molecule has 0 aromatic carbocycles. The fourth-order valence-electron chi connectivity index (χ4n) is 3.01. The Morgan fingerprint density at radius 3 is 0.926 bits per heavy atom. The molecule has 0 rings (SSSR count). The molecule has 0 amide bonds. The van der Waals surface area contributed by atoms with Gasteiger partial charge >= 0.3 is 40.0 Å². The smallest absolute Gasteiger partial charge is 1.00 e. The van der Waals surface area contributed by atoms with Crippen LogP contribution in [0, 0.1) is 0 Å². The Hall–Kier alpha value is 0.830. The Morgan fingerprint density at radius 2 is 0.741 bits per heavy atom. The molecular formula is C20H45NaO5S. The van der Waals surface area contributed by atoms with E-state index in [0.29, 0.717) is 6.61 Å². The second-order valence-corrected chi connectivity index (χ2v) is 8.08. The van der Waals surface area contributed by atoms with Gasteiger partial charge in [-0.1, -0.05) is 116 Å². The van der Waals surface area contributed by atoms with E-state index in [-0.39, 0.29) is 31.0 Å². The summed E-state index contributed by atoms with van der Waals surface area (Å²) in [6, 6.07) is 0. The predicted octanol–water partition coefficient (Wildman–Crippen LogP) is 3.48. The summed E-state index contributed by atoms with van der Waals surface area (Å²) in [5, 5.41) is 8.69. The maximum Gasteiger partial charge on any atom is 1.00 e. The SMILES string of the molecule is CCCCCCCCCCCCCCCCCCCCO.O=S(=O)(O)O.[H-].[Na+]. The van der Waals surface area contributed by atoms with E-state index in [1.807, 2.05) is 0 Å². The average Bonchev–Trinajstić information content (AvgIpc) is 2.56. The summed E-state index contributed by atoms with van der Waals surface area (Å²) in [7, 11) is -4.67. The second-order valence-electron chi connectivity index (χ2n) is 7.18. The van der Waals surface area contributed by atoms with E-state index in [9.17, 15) is 0 Å². The van der Waals surface area contributed by atoms with Crippen molar-refractivity contribution in [1.82, 2.24) is 0 Å². The van der Waals surface area contributed by atoms with Crippen LogP contribution in [-0.4, -0.2) is 29.2 Å². The van der Waals surface area contributed by atoms with Crippen molar-refractivity contribution in [3.63, 3.8) is 0 Å². The Labute approximate surface area is 192 Å². The Balaban J connectivity index is -0.000000364. The molecule has 0 aliphatic heterocycles. The van der Waals surface area contributed by atoms with Gasteiger partial charge in [-0.2, -0.15) is 8.42 Å². The van der Waals surface area contributed by atoms with Crippen LogP contribution in [-0.2, 0) is 10.4 Å². The van der Waals surface area contributed by atoms with Crippen LogP contribution >= 0.6 is 0 Å². The van der Waals surface area contributed by atoms with Crippen molar-refractivity contribution >= 4 is 10.4 Å². The van der Waals surface area contributed by atoms with Gasteiger partial charge in [0.1, 0.15) is 0 Å². The quantitative estimate of drug-likeness (QED) is 0.179. The monoisotopic (exact) mass is 420 g/mol. The van der Waals surface area contributed by atoms with Crippen LogP contribution < -0.4 is 29.6 Å². The van der Waals surface area contributed by atoms with E-state index in [1.165, 1.54) is 109 Å². The molecule has 0 saturated carbocycles. The van der Waals surface area contributed by atoms with Crippen molar-refractivity contribution in [2.45, 2.75) is 122 Å². The normalized spacial score (nSPS) is 10.8. The van der Waals surface area contributed by atoms with Gasteiger partial charge in [-0.15, -0.1) is 0 Å². The summed E-state index contributed by atoms with van der Waals surface area (Å²) < 4.78 is 31.6. The summed E-state index contributed by atoms with van der Waals surface area (Å²) in [6.45, 7) is 2.66. The fraction of sp³-hybridized carbons (Fsp3) is 1.00. The molecule has 0 saturated heterocycles. The number of hydrogen-bond donors (Lipinski definition) is 3. The summed E-state index contributed by atoms with van der Waals surface area (Å²) >= 11 is 0. The number of unbranched alkanes of at least 4 members (excludes halogenated alkanes) is 17. The molecule has 0 unspecified atom stereocenters. The van der Waals surface area contributed by atoms with Gasteiger partial charge in [-0.05, 0) is 6.42 Å². The number of aliphatic hydroxyl groups is 1. The molecule has 0 aliphatic carbocycles. The van der Waals surface area contributed by atoms with Crippen molar-refractivity contribution < 1.29 is 53.6 Å². The molecule has 27 heavy (non-hydrogen) atoms. The number of rotatable bonds is 18. The zero-order chi connectivity index (χ0) is 19.9. The second kappa shape index (κ2) is 26.8. The molecule has 7 heteroatoms. The van der Waals surface area contributed by atoms with E-state index in [0.717, 1.165) is 6.42 Å². The molecule has 0 aliphatic rings. The van der Waals surface area contributed by atoms with Crippen molar-refractivity contribution in [3.8, 4) is 0 Å². The van der Waals surface area contributed by atoms with Gasteiger partial charge in [-0.3, -0.25) is 9.11 Å². The first kappa shape index (κ1) is 32.5. The third-order valence-corrected chi connectivity index (χ3v) is 4.51. The first-order valence-corrected chi connectivity index (χ1v) is 12.1. The predicted molar refractivity (Wildman–Crippen MR) is 111 cm³/mol. The Morgan fingerprint density at radius 1 is 0.556 bits per heavy atom. The summed E-state index contributed by atoms with van der Waals surface area (Å²) in [4.78, 5) is 0. The van der Waals surface area contributed by atoms with E-state index in [4.69, 9.17) is 22.6 Å². The third-order valence-electron chi connectivity index (χ3n) is 4.51. The topological polar surface area (TPSA) is 94.8 Å². The first-order valence-electron chi connectivity index (χ1n) is 10.7. The first-order chi connectivity index (χ1) is 12.4. The molecule has 0 atom stereocenters. The Bertz CT molecular complexity index is 331. The number of hydrogen-bond acceptors (Lipinski definition) is 3. The third kappa shape index (κ3) is 46.7. The van der Waals surface area contributed by atoms with E-state index in [2.05, 4.69) is 6.92 Å². The van der Waals surface area contributed by atoms with Gasteiger partial charge in [0.15, 0.2) is 0 Å². The number of aliphatic hydroxyl groups excluding tert-OH is 1. The summed E-state index contributed by atoms with van der Waals surface area (Å²) in [5.41, 5.74) is 0. The van der Waals surface area contributed by atoms with E-state index < -0.39 is 10.4 Å². The minimum absolute atomic E-state index is 0. The van der Waals surface area contributed by atoms with Crippen molar-refractivity contribution in [2.75, 3.05) is 6.61 Å². The van der Waals surface area contributed by atoms with Gasteiger partial charge in [0.2, 0.25) is 0 Å². The van der Waals surface area contributed by atoms with E-state index in [1.54, 1.807) is 0 Å². The summed E-state index contributed by atoms with van der Waals surface area (Å²) in [5.74, 6) is 0. The van der Waals surface area contributed by atoms with Crippen LogP contribution in [0.3, 0.4) is 0 Å². The molecular weight excluding hydrogens is 375 g/mol. The molecule has 5 nitrogen and oxygen atoms in total. The molecule has 0 aromatic rings. The molecule has 0 heterocycles. The molecule has 162 valence electrons. The summed E-state index contributed by atoms with van der Waals surface area (Å²) in [6.07, 6.45) is 25.1. The van der Waals surface area contributed by atoms with Crippen LogP contribution in [0.5, 0.6) is 0 Å². The van der Waals surface area contributed by atoms with Gasteiger partial charge in [-0.25, -0.2) is 0 Å². The minimum atomic E-state index is -4.67. The minimum Gasteiger partial charge on any atom is -1.00 e. The zero-order valence-corrected chi connectivity index (χ0v) is 20.8. The molecule has 0 radical (unpaired) electrons. The van der Waals surface area contributed by atoms with Crippen LogP contribution in [0.2, 0.25) is 0 Å². The largest absolute Gasteiger partial charge is 1.00 e. The molecule has 3 N–H and O–H groups in total.